The van der Waals surface area contributed by atoms with E-state index in [0.29, 0.717) is 5.92 Å². The molecule has 0 radical (unpaired) electrons. The molecule has 0 saturated heterocycles. The average molecular weight is 604 g/mol. The molecule has 0 spiro atoms. The number of rotatable bonds is 5. The van der Waals surface area contributed by atoms with E-state index >= 15 is 0 Å². The van der Waals surface area contributed by atoms with E-state index in [4.69, 9.17) is 4.42 Å². The van der Waals surface area contributed by atoms with Crippen LogP contribution < -0.4 is 0 Å². The maximum atomic E-state index is 6.37. The van der Waals surface area contributed by atoms with Gasteiger partial charge in [-0.05, 0) is 106 Å². The van der Waals surface area contributed by atoms with Gasteiger partial charge in [-0.2, -0.15) is 0 Å². The molecule has 0 bridgehead atoms. The van der Waals surface area contributed by atoms with Gasteiger partial charge in [-0.15, -0.1) is 0 Å². The van der Waals surface area contributed by atoms with Gasteiger partial charge < -0.3 is 8.98 Å². The Balaban J connectivity index is 1.15. The standard InChI is InChI=1S/C45H33NO/c1-29(2)31-18-21-43-39(26-31)38-16-6-7-17-42(38)46(43)37-20-23-45-41(28-37)40-27-36(19-22-44(40)47-45)35-15-9-14-34(25-35)33-13-8-12-32(24-33)30-10-4-3-5-11-30/h3-29H,1-2H3. The van der Waals surface area contributed by atoms with Crippen molar-refractivity contribution < 1.29 is 4.42 Å². The van der Waals surface area contributed by atoms with Gasteiger partial charge in [-0.3, -0.25) is 0 Å². The molecule has 0 aliphatic carbocycles. The van der Waals surface area contributed by atoms with Crippen molar-refractivity contribution in [1.29, 1.82) is 0 Å². The van der Waals surface area contributed by atoms with Crippen molar-refractivity contribution in [1.82, 2.24) is 4.57 Å². The lowest BCUT2D eigenvalue weighted by atomic mass is 9.96. The third kappa shape index (κ3) is 4.64. The lowest BCUT2D eigenvalue weighted by molar-refractivity contribution is 0.669. The van der Waals surface area contributed by atoms with Gasteiger partial charge in [0.1, 0.15) is 11.2 Å². The summed E-state index contributed by atoms with van der Waals surface area (Å²) in [6.07, 6.45) is 0. The summed E-state index contributed by atoms with van der Waals surface area (Å²) < 4.78 is 8.76. The summed E-state index contributed by atoms with van der Waals surface area (Å²) in [5.41, 5.74) is 13.9. The Kier molecular flexibility index (Phi) is 6.36. The van der Waals surface area contributed by atoms with E-state index in [1.165, 1.54) is 60.8 Å². The smallest absolute Gasteiger partial charge is 0.135 e. The topological polar surface area (TPSA) is 18.1 Å². The molecule has 2 nitrogen and oxygen atoms in total. The first-order valence-electron chi connectivity index (χ1n) is 16.4. The number of furan rings is 1. The van der Waals surface area contributed by atoms with Crippen LogP contribution in [0.2, 0.25) is 0 Å². The van der Waals surface area contributed by atoms with Crippen molar-refractivity contribution in [2.24, 2.45) is 0 Å². The highest BCUT2D eigenvalue weighted by Gasteiger charge is 2.16. The summed E-state index contributed by atoms with van der Waals surface area (Å²) in [5.74, 6) is 0.476. The minimum absolute atomic E-state index is 0.476. The molecule has 9 rings (SSSR count). The van der Waals surface area contributed by atoms with E-state index in [1.54, 1.807) is 0 Å². The summed E-state index contributed by atoms with van der Waals surface area (Å²) in [5, 5.41) is 4.81. The van der Waals surface area contributed by atoms with E-state index < -0.39 is 0 Å². The molecule has 224 valence electrons. The highest BCUT2D eigenvalue weighted by Crippen LogP contribution is 2.38. The Bertz CT molecular complexity index is 2600. The summed E-state index contributed by atoms with van der Waals surface area (Å²) in [4.78, 5) is 0. The monoisotopic (exact) mass is 603 g/mol. The molecular formula is C45H33NO. The van der Waals surface area contributed by atoms with Crippen molar-refractivity contribution in [3.8, 4) is 39.1 Å². The van der Waals surface area contributed by atoms with Crippen LogP contribution in [-0.4, -0.2) is 4.57 Å². The van der Waals surface area contributed by atoms with Gasteiger partial charge in [0.05, 0.1) is 11.0 Å². The second kappa shape index (κ2) is 10.9. The van der Waals surface area contributed by atoms with E-state index in [0.717, 1.165) is 27.6 Å². The van der Waals surface area contributed by atoms with Crippen LogP contribution >= 0.6 is 0 Å². The first-order valence-corrected chi connectivity index (χ1v) is 16.4. The van der Waals surface area contributed by atoms with E-state index in [-0.39, 0.29) is 0 Å². The lowest BCUT2D eigenvalue weighted by Crippen LogP contribution is -1.94. The molecule has 0 amide bonds. The Morgan fingerprint density at radius 3 is 1.70 bits per heavy atom. The van der Waals surface area contributed by atoms with Crippen LogP contribution in [0.5, 0.6) is 0 Å². The van der Waals surface area contributed by atoms with Gasteiger partial charge in [-0.25, -0.2) is 0 Å². The second-order valence-corrected chi connectivity index (χ2v) is 12.8. The second-order valence-electron chi connectivity index (χ2n) is 12.8. The predicted molar refractivity (Wildman–Crippen MR) is 198 cm³/mol. The third-order valence-corrected chi connectivity index (χ3v) is 9.57. The van der Waals surface area contributed by atoms with Crippen molar-refractivity contribution in [2.45, 2.75) is 19.8 Å². The molecule has 0 aliphatic rings. The zero-order chi connectivity index (χ0) is 31.5. The first-order chi connectivity index (χ1) is 23.1. The van der Waals surface area contributed by atoms with Gasteiger partial charge in [0, 0.05) is 27.2 Å². The summed E-state index contributed by atoms with van der Waals surface area (Å²) >= 11 is 0. The summed E-state index contributed by atoms with van der Waals surface area (Å²) in [6.45, 7) is 4.51. The minimum Gasteiger partial charge on any atom is -0.456 e. The number of aromatic nitrogens is 1. The fourth-order valence-electron chi connectivity index (χ4n) is 7.10. The number of para-hydroxylation sites is 1. The summed E-state index contributed by atoms with van der Waals surface area (Å²) in [6, 6.07) is 57.0. The molecule has 0 saturated carbocycles. The van der Waals surface area contributed by atoms with Crippen LogP contribution in [0.1, 0.15) is 25.3 Å². The fraction of sp³-hybridized carbons (Fsp3) is 0.0667. The van der Waals surface area contributed by atoms with Crippen LogP contribution in [0.3, 0.4) is 0 Å². The zero-order valence-electron chi connectivity index (χ0n) is 26.4. The molecule has 47 heavy (non-hydrogen) atoms. The molecule has 2 heterocycles. The van der Waals surface area contributed by atoms with Crippen molar-refractivity contribution in [3.05, 3.63) is 163 Å². The van der Waals surface area contributed by atoms with Crippen molar-refractivity contribution >= 4 is 43.7 Å². The zero-order valence-corrected chi connectivity index (χ0v) is 26.4. The maximum absolute atomic E-state index is 6.37. The molecular weight excluding hydrogens is 571 g/mol. The highest BCUT2D eigenvalue weighted by atomic mass is 16.3. The molecule has 0 fully saturated rings. The fourth-order valence-corrected chi connectivity index (χ4v) is 7.10. The van der Waals surface area contributed by atoms with Gasteiger partial charge in [0.25, 0.3) is 0 Å². The van der Waals surface area contributed by atoms with Gasteiger partial charge in [-0.1, -0.05) is 111 Å². The van der Waals surface area contributed by atoms with E-state index in [2.05, 4.69) is 176 Å². The van der Waals surface area contributed by atoms with Crippen LogP contribution in [0, 0.1) is 0 Å². The number of fused-ring (bicyclic) bond motifs is 6. The Morgan fingerprint density at radius 1 is 0.404 bits per heavy atom. The quantitative estimate of drug-likeness (QED) is 0.191. The largest absolute Gasteiger partial charge is 0.456 e. The predicted octanol–water partition coefficient (Wildman–Crippen LogP) is 12.8. The van der Waals surface area contributed by atoms with Gasteiger partial charge >= 0.3 is 0 Å². The SMILES string of the molecule is CC(C)c1ccc2c(c1)c1ccccc1n2-c1ccc2oc3ccc(-c4cccc(-c5cccc(-c6ccccc6)c5)c4)cc3c2c1. The number of hydrogen-bond donors (Lipinski definition) is 0. The Hall–Kier alpha value is -5.86. The molecule has 0 atom stereocenters. The van der Waals surface area contributed by atoms with Crippen molar-refractivity contribution in [3.63, 3.8) is 0 Å². The molecule has 2 heteroatoms. The van der Waals surface area contributed by atoms with Gasteiger partial charge in [0.2, 0.25) is 0 Å². The molecule has 7 aromatic carbocycles. The average Bonchev–Trinajstić information content (AvgIpc) is 3.66. The first kappa shape index (κ1) is 27.5. The molecule has 0 unspecified atom stereocenters. The minimum atomic E-state index is 0.476. The normalized spacial score (nSPS) is 11.8. The lowest BCUT2D eigenvalue weighted by Gasteiger charge is -2.10. The van der Waals surface area contributed by atoms with Crippen LogP contribution in [0.4, 0.5) is 0 Å². The number of hydrogen-bond acceptors (Lipinski definition) is 1. The highest BCUT2D eigenvalue weighted by molar-refractivity contribution is 6.11. The molecule has 0 N–H and O–H groups in total. The van der Waals surface area contributed by atoms with Gasteiger partial charge in [0.15, 0.2) is 0 Å². The third-order valence-electron chi connectivity index (χ3n) is 9.57. The van der Waals surface area contributed by atoms with E-state index in [1.807, 2.05) is 0 Å². The van der Waals surface area contributed by atoms with Crippen LogP contribution in [0.25, 0.3) is 82.8 Å². The van der Waals surface area contributed by atoms with Crippen LogP contribution in [0.15, 0.2) is 162 Å². The van der Waals surface area contributed by atoms with Crippen LogP contribution in [-0.2, 0) is 0 Å². The Labute approximate surface area is 274 Å². The number of nitrogens with zero attached hydrogens (tertiary/aromatic N) is 1. The Morgan fingerprint density at radius 2 is 0.979 bits per heavy atom. The van der Waals surface area contributed by atoms with E-state index in [9.17, 15) is 0 Å². The summed E-state index contributed by atoms with van der Waals surface area (Å²) in [7, 11) is 0. The molecule has 9 aromatic rings. The maximum Gasteiger partial charge on any atom is 0.135 e. The molecule has 0 aliphatic heterocycles. The van der Waals surface area contributed by atoms with Crippen molar-refractivity contribution in [2.75, 3.05) is 0 Å². The number of benzene rings is 7. The molecule has 2 aromatic heterocycles.